The second kappa shape index (κ2) is 9.87. The van der Waals surface area contributed by atoms with Gasteiger partial charge < -0.3 is 19.7 Å². The molecule has 0 spiro atoms. The standard InChI is InChI=1S/C18H28N2O3.ClH/c1-15-5-4-6-16(13-15)23-12-11-20(2)17(21)18(14-22-3)7-9-19-10-8-18;/h4-6,13,19H,7-12,14H2,1-3H3;1H. The lowest BCUT2D eigenvalue weighted by Crippen LogP contribution is -2.51. The third kappa shape index (κ3) is 5.36. The van der Waals surface area contributed by atoms with Crippen LogP contribution in [-0.2, 0) is 9.53 Å². The zero-order valence-corrected chi connectivity index (χ0v) is 15.7. The summed E-state index contributed by atoms with van der Waals surface area (Å²) in [5, 5.41) is 3.31. The number of rotatable bonds is 7. The molecule has 6 heteroatoms. The number of amides is 1. The van der Waals surface area contributed by atoms with Crippen LogP contribution in [0.25, 0.3) is 0 Å². The number of nitrogens with one attached hydrogen (secondary N) is 1. The molecule has 2 rings (SSSR count). The van der Waals surface area contributed by atoms with E-state index >= 15 is 0 Å². The van der Waals surface area contributed by atoms with E-state index in [1.807, 2.05) is 38.2 Å². The summed E-state index contributed by atoms with van der Waals surface area (Å²) in [5.41, 5.74) is 0.777. The van der Waals surface area contributed by atoms with Gasteiger partial charge in [0.25, 0.3) is 0 Å². The van der Waals surface area contributed by atoms with Crippen LogP contribution in [0.2, 0.25) is 0 Å². The molecule has 1 aliphatic rings. The number of benzene rings is 1. The molecule has 0 aromatic heterocycles. The highest BCUT2D eigenvalue weighted by Crippen LogP contribution is 2.31. The molecule has 0 radical (unpaired) electrons. The Bertz CT molecular complexity index is 513. The molecule has 0 unspecified atom stereocenters. The Balaban J connectivity index is 0.00000288. The van der Waals surface area contributed by atoms with Gasteiger partial charge in [-0.25, -0.2) is 0 Å². The number of carbonyl (C=O) groups is 1. The molecular formula is C18H29ClN2O3. The number of carbonyl (C=O) groups excluding carboxylic acids is 1. The number of aryl methyl sites for hydroxylation is 1. The second-order valence-corrected chi connectivity index (χ2v) is 6.36. The van der Waals surface area contributed by atoms with Gasteiger partial charge in [0.05, 0.1) is 18.6 Å². The third-order valence-corrected chi connectivity index (χ3v) is 4.47. The molecule has 24 heavy (non-hydrogen) atoms. The lowest BCUT2D eigenvalue weighted by atomic mass is 9.78. The molecule has 0 aliphatic carbocycles. The van der Waals surface area contributed by atoms with E-state index in [9.17, 15) is 4.79 Å². The largest absolute Gasteiger partial charge is 0.492 e. The monoisotopic (exact) mass is 356 g/mol. The topological polar surface area (TPSA) is 50.8 Å². The maximum absolute atomic E-state index is 12.9. The summed E-state index contributed by atoms with van der Waals surface area (Å²) in [6, 6.07) is 7.95. The summed E-state index contributed by atoms with van der Waals surface area (Å²) in [4.78, 5) is 14.6. The van der Waals surface area contributed by atoms with Crippen LogP contribution in [0.3, 0.4) is 0 Å². The lowest BCUT2D eigenvalue weighted by molar-refractivity contribution is -0.146. The fraction of sp³-hybridized carbons (Fsp3) is 0.611. The number of nitrogens with zero attached hydrogens (tertiary/aromatic N) is 1. The van der Waals surface area contributed by atoms with Crippen LogP contribution >= 0.6 is 12.4 Å². The van der Waals surface area contributed by atoms with Crippen LogP contribution < -0.4 is 10.1 Å². The van der Waals surface area contributed by atoms with Gasteiger partial charge in [-0.2, -0.15) is 0 Å². The normalized spacial score (nSPS) is 16.1. The van der Waals surface area contributed by atoms with Crippen molar-refractivity contribution in [2.24, 2.45) is 5.41 Å². The highest BCUT2D eigenvalue weighted by molar-refractivity contribution is 5.85. The minimum Gasteiger partial charge on any atom is -0.492 e. The van der Waals surface area contributed by atoms with Gasteiger partial charge in [0.15, 0.2) is 0 Å². The van der Waals surface area contributed by atoms with E-state index in [-0.39, 0.29) is 18.3 Å². The minimum atomic E-state index is -0.391. The first-order valence-electron chi connectivity index (χ1n) is 8.22. The lowest BCUT2D eigenvalue weighted by Gasteiger charge is -2.38. The number of halogens is 1. The summed E-state index contributed by atoms with van der Waals surface area (Å²) in [6.45, 7) is 5.31. The van der Waals surface area contributed by atoms with Crippen molar-refractivity contribution >= 4 is 18.3 Å². The fourth-order valence-electron chi connectivity index (χ4n) is 3.11. The average Bonchev–Trinajstić information content (AvgIpc) is 2.55. The second-order valence-electron chi connectivity index (χ2n) is 6.36. The van der Waals surface area contributed by atoms with Crippen LogP contribution in [-0.4, -0.2) is 57.8 Å². The molecule has 0 bridgehead atoms. The molecule has 5 nitrogen and oxygen atoms in total. The van der Waals surface area contributed by atoms with Gasteiger partial charge in [-0.1, -0.05) is 12.1 Å². The van der Waals surface area contributed by atoms with E-state index in [1.165, 1.54) is 5.56 Å². The molecular weight excluding hydrogens is 328 g/mol. The van der Waals surface area contributed by atoms with Gasteiger partial charge in [0, 0.05) is 14.2 Å². The Morgan fingerprint density at radius 2 is 2.04 bits per heavy atom. The van der Waals surface area contributed by atoms with Crippen molar-refractivity contribution in [3.8, 4) is 5.75 Å². The van der Waals surface area contributed by atoms with Gasteiger partial charge in [-0.15, -0.1) is 12.4 Å². The highest BCUT2D eigenvalue weighted by atomic mass is 35.5. The Hall–Kier alpha value is -1.30. The quantitative estimate of drug-likeness (QED) is 0.814. The summed E-state index contributed by atoms with van der Waals surface area (Å²) in [6.07, 6.45) is 1.64. The smallest absolute Gasteiger partial charge is 0.231 e. The van der Waals surface area contributed by atoms with E-state index in [0.717, 1.165) is 31.7 Å². The van der Waals surface area contributed by atoms with Crippen LogP contribution in [0.15, 0.2) is 24.3 Å². The van der Waals surface area contributed by atoms with Crippen LogP contribution in [0.4, 0.5) is 0 Å². The minimum absolute atomic E-state index is 0. The number of ether oxygens (including phenoxy) is 2. The first kappa shape index (κ1) is 20.7. The summed E-state index contributed by atoms with van der Waals surface area (Å²) in [7, 11) is 3.51. The van der Waals surface area contributed by atoms with Gasteiger partial charge in [0.1, 0.15) is 12.4 Å². The molecule has 1 saturated heterocycles. The van der Waals surface area contributed by atoms with Gasteiger partial charge in [-0.3, -0.25) is 4.79 Å². The predicted octanol–water partition coefficient (Wildman–Crippen LogP) is 2.27. The van der Waals surface area contributed by atoms with Crippen molar-refractivity contribution < 1.29 is 14.3 Å². The van der Waals surface area contributed by atoms with Crippen LogP contribution in [0, 0.1) is 12.3 Å². The van der Waals surface area contributed by atoms with Crippen molar-refractivity contribution in [2.75, 3.05) is 47.0 Å². The van der Waals surface area contributed by atoms with E-state index < -0.39 is 5.41 Å². The van der Waals surface area contributed by atoms with Crippen molar-refractivity contribution in [1.29, 1.82) is 0 Å². The van der Waals surface area contributed by atoms with Crippen LogP contribution in [0.5, 0.6) is 5.75 Å². The molecule has 1 amide bonds. The molecule has 1 aromatic rings. The van der Waals surface area contributed by atoms with Crippen LogP contribution in [0.1, 0.15) is 18.4 Å². The van der Waals surface area contributed by atoms with E-state index in [1.54, 1.807) is 12.0 Å². The maximum Gasteiger partial charge on any atom is 0.231 e. The molecule has 0 atom stereocenters. The molecule has 1 fully saturated rings. The first-order chi connectivity index (χ1) is 11.1. The Kier molecular flexibility index (Phi) is 8.53. The fourth-order valence-corrected chi connectivity index (χ4v) is 3.11. The average molecular weight is 357 g/mol. The molecule has 136 valence electrons. The van der Waals surface area contributed by atoms with Gasteiger partial charge in [0.2, 0.25) is 5.91 Å². The van der Waals surface area contributed by atoms with E-state index in [4.69, 9.17) is 9.47 Å². The predicted molar refractivity (Wildman–Crippen MR) is 98.0 cm³/mol. The Morgan fingerprint density at radius 1 is 1.33 bits per heavy atom. The molecule has 1 aliphatic heterocycles. The number of likely N-dealkylation sites (N-methyl/N-ethyl adjacent to an activating group) is 1. The Morgan fingerprint density at radius 3 is 2.67 bits per heavy atom. The number of hydrogen-bond acceptors (Lipinski definition) is 4. The summed E-state index contributed by atoms with van der Waals surface area (Å²) in [5.74, 6) is 1.01. The summed E-state index contributed by atoms with van der Waals surface area (Å²) < 4.78 is 11.1. The third-order valence-electron chi connectivity index (χ3n) is 4.47. The van der Waals surface area contributed by atoms with Crippen molar-refractivity contribution in [3.05, 3.63) is 29.8 Å². The SMILES string of the molecule is COCC1(C(=O)N(C)CCOc2cccc(C)c2)CCNCC1.Cl. The molecule has 1 N–H and O–H groups in total. The zero-order valence-electron chi connectivity index (χ0n) is 14.8. The summed E-state index contributed by atoms with van der Waals surface area (Å²) >= 11 is 0. The first-order valence-corrected chi connectivity index (χ1v) is 8.22. The Labute approximate surface area is 151 Å². The van der Waals surface area contributed by atoms with Gasteiger partial charge in [-0.05, 0) is 50.6 Å². The van der Waals surface area contributed by atoms with Gasteiger partial charge >= 0.3 is 0 Å². The number of hydrogen-bond donors (Lipinski definition) is 1. The highest BCUT2D eigenvalue weighted by Gasteiger charge is 2.41. The molecule has 1 heterocycles. The van der Waals surface area contributed by atoms with E-state index in [0.29, 0.717) is 19.8 Å². The van der Waals surface area contributed by atoms with Crippen molar-refractivity contribution in [1.82, 2.24) is 10.2 Å². The molecule has 0 saturated carbocycles. The maximum atomic E-state index is 12.9. The zero-order chi connectivity index (χ0) is 16.7. The number of piperidine rings is 1. The van der Waals surface area contributed by atoms with Crippen molar-refractivity contribution in [3.63, 3.8) is 0 Å². The van der Waals surface area contributed by atoms with E-state index in [2.05, 4.69) is 5.32 Å². The van der Waals surface area contributed by atoms with Crippen molar-refractivity contribution in [2.45, 2.75) is 19.8 Å². The molecule has 1 aromatic carbocycles. The number of methoxy groups -OCH3 is 1.